The number of anilines is 2. The summed E-state index contributed by atoms with van der Waals surface area (Å²) >= 11 is 0. The largest absolute Gasteiger partial charge is 0.330 e. The van der Waals surface area contributed by atoms with E-state index in [9.17, 15) is 14.4 Å². The molecule has 0 heterocycles. The molecule has 0 bridgehead atoms. The van der Waals surface area contributed by atoms with Gasteiger partial charge in [-0.1, -0.05) is 12.1 Å². The van der Waals surface area contributed by atoms with E-state index < -0.39 is 0 Å². The van der Waals surface area contributed by atoms with Gasteiger partial charge in [-0.3, -0.25) is 14.4 Å². The first kappa shape index (κ1) is 23.1. The lowest BCUT2D eigenvalue weighted by Gasteiger charge is -2.20. The van der Waals surface area contributed by atoms with Gasteiger partial charge in [0.05, 0.1) is 0 Å². The Morgan fingerprint density at radius 2 is 1.46 bits per heavy atom. The zero-order valence-corrected chi connectivity index (χ0v) is 16.7. The lowest BCUT2D eigenvalue weighted by molar-refractivity contribution is -0.117. The van der Waals surface area contributed by atoms with Crippen LogP contribution < -0.4 is 16.4 Å². The molecule has 0 saturated carbocycles. The number of nitrogens with one attached hydrogen (secondary N) is 2. The van der Waals surface area contributed by atoms with Gasteiger partial charge in [0.2, 0.25) is 11.8 Å². The van der Waals surface area contributed by atoms with Crippen LogP contribution in [-0.2, 0) is 16.1 Å². The third-order valence-corrected chi connectivity index (χ3v) is 3.93. The molecule has 0 aliphatic carbocycles. The summed E-state index contributed by atoms with van der Waals surface area (Å²) in [6.45, 7) is 4.01. The highest BCUT2D eigenvalue weighted by Crippen LogP contribution is 2.14. The Kier molecular flexibility index (Phi) is 9.14. The fourth-order valence-electron chi connectivity index (χ4n) is 2.51. The highest BCUT2D eigenvalue weighted by molar-refractivity contribution is 5.99. The molecule has 0 aliphatic heterocycles. The Morgan fingerprint density at radius 1 is 0.929 bits per heavy atom. The fourth-order valence-corrected chi connectivity index (χ4v) is 2.51. The molecule has 0 fully saturated rings. The molecule has 0 radical (unpaired) electrons. The van der Waals surface area contributed by atoms with Crippen LogP contribution in [0.25, 0.3) is 0 Å². The van der Waals surface area contributed by atoms with Crippen LogP contribution in [0.2, 0.25) is 0 Å². The molecule has 8 heteroatoms. The second-order valence-electron chi connectivity index (χ2n) is 6.03. The van der Waals surface area contributed by atoms with Crippen LogP contribution in [0.5, 0.6) is 0 Å². The van der Waals surface area contributed by atoms with Crippen LogP contribution >= 0.6 is 12.4 Å². The third-order valence-electron chi connectivity index (χ3n) is 3.93. The van der Waals surface area contributed by atoms with Crippen LogP contribution in [0.15, 0.2) is 48.5 Å². The lowest BCUT2D eigenvalue weighted by Crippen LogP contribution is -2.37. The quantitative estimate of drug-likeness (QED) is 0.659. The predicted octanol–water partition coefficient (Wildman–Crippen LogP) is 2.63. The van der Waals surface area contributed by atoms with Gasteiger partial charge in [0.25, 0.3) is 5.91 Å². The first-order chi connectivity index (χ1) is 12.9. The van der Waals surface area contributed by atoms with Crippen LogP contribution in [0, 0.1) is 0 Å². The second kappa shape index (κ2) is 11.1. The van der Waals surface area contributed by atoms with Gasteiger partial charge in [0.15, 0.2) is 0 Å². The van der Waals surface area contributed by atoms with E-state index in [1.165, 1.54) is 11.8 Å². The normalized spacial score (nSPS) is 9.82. The van der Waals surface area contributed by atoms with Crippen molar-refractivity contribution < 1.29 is 14.4 Å². The first-order valence-corrected chi connectivity index (χ1v) is 8.68. The standard InChI is InChI=1S/C20H24N4O3.ClH/c1-3-24(20(27)16-6-4-15(12-21)5-7-16)13-19(26)23-18-10-8-17(9-11-18)22-14(2)25;/h4-11H,3,12-13,21H2,1-2H3,(H,22,25)(H,23,26);1H. The number of likely N-dealkylation sites (N-methyl/N-ethyl adjacent to an activating group) is 1. The van der Waals surface area contributed by atoms with E-state index in [1.807, 2.05) is 6.92 Å². The maximum absolute atomic E-state index is 12.6. The molecule has 4 N–H and O–H groups in total. The third kappa shape index (κ3) is 6.68. The molecule has 28 heavy (non-hydrogen) atoms. The lowest BCUT2D eigenvalue weighted by atomic mass is 10.1. The number of carbonyl (C=O) groups is 3. The summed E-state index contributed by atoms with van der Waals surface area (Å²) in [5.74, 6) is -0.670. The molecule has 0 unspecified atom stereocenters. The second-order valence-corrected chi connectivity index (χ2v) is 6.03. The van der Waals surface area contributed by atoms with Gasteiger partial charge in [-0.25, -0.2) is 0 Å². The summed E-state index contributed by atoms with van der Waals surface area (Å²) in [7, 11) is 0. The molecular weight excluding hydrogens is 380 g/mol. The van der Waals surface area contributed by atoms with E-state index in [4.69, 9.17) is 5.73 Å². The van der Waals surface area contributed by atoms with Gasteiger partial charge in [0, 0.05) is 37.0 Å². The monoisotopic (exact) mass is 404 g/mol. The van der Waals surface area contributed by atoms with Crippen molar-refractivity contribution in [2.24, 2.45) is 5.73 Å². The fraction of sp³-hybridized carbons (Fsp3) is 0.250. The number of halogens is 1. The predicted molar refractivity (Wildman–Crippen MR) is 113 cm³/mol. The van der Waals surface area contributed by atoms with Crippen molar-refractivity contribution in [3.63, 3.8) is 0 Å². The molecule has 0 aliphatic rings. The molecule has 2 aromatic carbocycles. The van der Waals surface area contributed by atoms with Crippen molar-refractivity contribution in [1.82, 2.24) is 4.90 Å². The van der Waals surface area contributed by atoms with E-state index in [1.54, 1.807) is 48.5 Å². The summed E-state index contributed by atoms with van der Waals surface area (Å²) in [6, 6.07) is 13.8. The molecule has 3 amide bonds. The Bertz CT molecular complexity index is 807. The van der Waals surface area contributed by atoms with Crippen molar-refractivity contribution in [1.29, 1.82) is 0 Å². The molecule has 0 spiro atoms. The number of hydrogen-bond acceptors (Lipinski definition) is 4. The average molecular weight is 405 g/mol. The highest BCUT2D eigenvalue weighted by atomic mass is 35.5. The SMILES string of the molecule is CCN(CC(=O)Nc1ccc(NC(C)=O)cc1)C(=O)c1ccc(CN)cc1.Cl. The number of nitrogens with two attached hydrogens (primary N) is 1. The van der Waals surface area contributed by atoms with Crippen LogP contribution in [0.3, 0.4) is 0 Å². The number of nitrogens with zero attached hydrogens (tertiary/aromatic N) is 1. The number of carbonyl (C=O) groups excluding carboxylic acids is 3. The van der Waals surface area contributed by atoms with Gasteiger partial charge in [-0.15, -0.1) is 12.4 Å². The summed E-state index contributed by atoms with van der Waals surface area (Å²) in [6.07, 6.45) is 0. The molecular formula is C20H25ClN4O3. The molecule has 150 valence electrons. The van der Waals surface area contributed by atoms with E-state index in [0.29, 0.717) is 30.0 Å². The van der Waals surface area contributed by atoms with Gasteiger partial charge in [-0.05, 0) is 48.9 Å². The minimum Gasteiger partial charge on any atom is -0.330 e. The number of hydrogen-bond donors (Lipinski definition) is 3. The van der Waals surface area contributed by atoms with Gasteiger partial charge < -0.3 is 21.3 Å². The molecule has 0 atom stereocenters. The van der Waals surface area contributed by atoms with Crippen LogP contribution in [-0.4, -0.2) is 35.7 Å². The van der Waals surface area contributed by atoms with Crippen molar-refractivity contribution >= 4 is 41.5 Å². The zero-order chi connectivity index (χ0) is 19.8. The Labute approximate surface area is 170 Å². The van der Waals surface area contributed by atoms with Crippen molar-refractivity contribution in [2.75, 3.05) is 23.7 Å². The van der Waals surface area contributed by atoms with E-state index in [2.05, 4.69) is 10.6 Å². The Morgan fingerprint density at radius 3 is 1.93 bits per heavy atom. The summed E-state index contributed by atoms with van der Waals surface area (Å²) in [5.41, 5.74) is 8.25. The zero-order valence-electron chi connectivity index (χ0n) is 15.9. The van der Waals surface area contributed by atoms with E-state index >= 15 is 0 Å². The molecule has 2 rings (SSSR count). The summed E-state index contributed by atoms with van der Waals surface area (Å²) in [4.78, 5) is 37.4. The van der Waals surface area contributed by atoms with E-state index in [0.717, 1.165) is 5.56 Å². The minimum atomic E-state index is -0.295. The van der Waals surface area contributed by atoms with Gasteiger partial charge in [-0.2, -0.15) is 0 Å². The Balaban J connectivity index is 0.00000392. The van der Waals surface area contributed by atoms with Crippen LogP contribution in [0.1, 0.15) is 29.8 Å². The van der Waals surface area contributed by atoms with Crippen molar-refractivity contribution in [3.8, 4) is 0 Å². The number of rotatable bonds is 7. The maximum Gasteiger partial charge on any atom is 0.254 e. The van der Waals surface area contributed by atoms with Crippen molar-refractivity contribution in [2.45, 2.75) is 20.4 Å². The molecule has 7 nitrogen and oxygen atoms in total. The number of benzene rings is 2. The minimum absolute atomic E-state index is 0. The molecule has 0 saturated heterocycles. The van der Waals surface area contributed by atoms with Gasteiger partial charge >= 0.3 is 0 Å². The van der Waals surface area contributed by atoms with Crippen molar-refractivity contribution in [3.05, 3.63) is 59.7 Å². The maximum atomic E-state index is 12.6. The first-order valence-electron chi connectivity index (χ1n) is 8.68. The van der Waals surface area contributed by atoms with E-state index in [-0.39, 0.29) is 36.7 Å². The average Bonchev–Trinajstić information content (AvgIpc) is 2.67. The highest BCUT2D eigenvalue weighted by Gasteiger charge is 2.17. The van der Waals surface area contributed by atoms with Crippen LogP contribution in [0.4, 0.5) is 11.4 Å². The smallest absolute Gasteiger partial charge is 0.254 e. The molecule has 0 aromatic heterocycles. The Hall–Kier alpha value is -2.90. The van der Waals surface area contributed by atoms with Gasteiger partial charge in [0.1, 0.15) is 6.54 Å². The number of amides is 3. The molecule has 2 aromatic rings. The summed E-state index contributed by atoms with van der Waals surface area (Å²) in [5, 5.41) is 5.41. The summed E-state index contributed by atoms with van der Waals surface area (Å²) < 4.78 is 0. The topological polar surface area (TPSA) is 105 Å².